The Morgan fingerprint density at radius 3 is 2.95 bits per heavy atom. The predicted molar refractivity (Wildman–Crippen MR) is 85.7 cm³/mol. The van der Waals surface area contributed by atoms with Gasteiger partial charge in [0.15, 0.2) is 0 Å². The first-order chi connectivity index (χ1) is 10.2. The molecule has 0 aliphatic carbocycles. The van der Waals surface area contributed by atoms with E-state index in [0.717, 1.165) is 30.5 Å². The summed E-state index contributed by atoms with van der Waals surface area (Å²) < 4.78 is 0. The number of pyridine rings is 1. The summed E-state index contributed by atoms with van der Waals surface area (Å²) in [5, 5.41) is 1.16. The Labute approximate surface area is 125 Å². The van der Waals surface area contributed by atoms with E-state index >= 15 is 0 Å². The van der Waals surface area contributed by atoms with E-state index < -0.39 is 0 Å². The van der Waals surface area contributed by atoms with Crippen molar-refractivity contribution in [1.29, 1.82) is 0 Å². The number of rotatable bonds is 3. The molecule has 0 amide bonds. The van der Waals surface area contributed by atoms with Crippen LogP contribution < -0.4 is 11.3 Å². The average molecular weight is 285 g/mol. The summed E-state index contributed by atoms with van der Waals surface area (Å²) >= 11 is 0. The first-order valence-electron chi connectivity index (χ1n) is 7.38. The van der Waals surface area contributed by atoms with Crippen LogP contribution in [0, 0.1) is 0 Å². The minimum Gasteiger partial charge on any atom is -0.303 e. The van der Waals surface area contributed by atoms with Crippen LogP contribution in [-0.2, 0) is 0 Å². The SMILES string of the molecule is CN1CCN(C)C(C(NN)c2ccc3cccnc3c2)C1. The molecule has 21 heavy (non-hydrogen) atoms. The van der Waals surface area contributed by atoms with Gasteiger partial charge < -0.3 is 4.90 Å². The number of hydrogen-bond acceptors (Lipinski definition) is 5. The van der Waals surface area contributed by atoms with Crippen LogP contribution in [0.25, 0.3) is 10.9 Å². The quantitative estimate of drug-likeness (QED) is 0.650. The van der Waals surface area contributed by atoms with Gasteiger partial charge in [0, 0.05) is 37.3 Å². The van der Waals surface area contributed by atoms with E-state index in [1.54, 1.807) is 0 Å². The minimum absolute atomic E-state index is 0.101. The van der Waals surface area contributed by atoms with Gasteiger partial charge in [0.05, 0.1) is 11.6 Å². The fourth-order valence-corrected chi connectivity index (χ4v) is 3.11. The molecule has 0 saturated carbocycles. The van der Waals surface area contributed by atoms with Crippen LogP contribution in [0.15, 0.2) is 36.5 Å². The average Bonchev–Trinajstić information content (AvgIpc) is 2.51. The standard InChI is InChI=1S/C16H23N5/c1-20-8-9-21(2)15(11-20)16(19-17)13-6-5-12-4-3-7-18-14(12)10-13/h3-7,10,15-16,19H,8-9,11,17H2,1-2H3. The maximum Gasteiger partial charge on any atom is 0.0705 e. The number of hydrogen-bond donors (Lipinski definition) is 2. The lowest BCUT2D eigenvalue weighted by atomic mass is 9.96. The summed E-state index contributed by atoms with van der Waals surface area (Å²) in [5.41, 5.74) is 5.21. The summed E-state index contributed by atoms with van der Waals surface area (Å²) in [7, 11) is 4.33. The summed E-state index contributed by atoms with van der Waals surface area (Å²) in [6, 6.07) is 10.9. The minimum atomic E-state index is 0.101. The molecule has 3 rings (SSSR count). The zero-order chi connectivity index (χ0) is 14.8. The topological polar surface area (TPSA) is 57.4 Å². The zero-order valence-corrected chi connectivity index (χ0v) is 12.7. The number of nitrogens with zero attached hydrogens (tertiary/aromatic N) is 3. The zero-order valence-electron chi connectivity index (χ0n) is 12.7. The Balaban J connectivity index is 1.93. The van der Waals surface area contributed by atoms with Gasteiger partial charge in [-0.2, -0.15) is 0 Å². The molecule has 1 saturated heterocycles. The van der Waals surface area contributed by atoms with Gasteiger partial charge in [0.2, 0.25) is 0 Å². The van der Waals surface area contributed by atoms with Crippen LogP contribution in [0.5, 0.6) is 0 Å². The van der Waals surface area contributed by atoms with Crippen molar-refractivity contribution in [2.24, 2.45) is 5.84 Å². The Morgan fingerprint density at radius 1 is 1.29 bits per heavy atom. The van der Waals surface area contributed by atoms with Crippen LogP contribution in [0.4, 0.5) is 0 Å². The molecule has 0 spiro atoms. The van der Waals surface area contributed by atoms with E-state index in [-0.39, 0.29) is 6.04 Å². The van der Waals surface area contributed by atoms with Crippen LogP contribution in [0.2, 0.25) is 0 Å². The number of piperazine rings is 1. The van der Waals surface area contributed by atoms with E-state index in [1.807, 2.05) is 12.3 Å². The smallest absolute Gasteiger partial charge is 0.0705 e. The van der Waals surface area contributed by atoms with Gasteiger partial charge in [-0.1, -0.05) is 18.2 Å². The lowest BCUT2D eigenvalue weighted by molar-refractivity contribution is 0.0877. The second-order valence-electron chi connectivity index (χ2n) is 5.91. The molecule has 1 aromatic heterocycles. The number of aromatic nitrogens is 1. The normalized spacial score (nSPS) is 22.5. The van der Waals surface area contributed by atoms with Crippen LogP contribution in [0.3, 0.4) is 0 Å². The molecule has 3 N–H and O–H groups in total. The van der Waals surface area contributed by atoms with E-state index in [2.05, 4.69) is 58.6 Å². The Hall–Kier alpha value is -1.53. The number of nitrogens with two attached hydrogens (primary N) is 1. The van der Waals surface area contributed by atoms with Gasteiger partial charge in [-0.05, 0) is 31.8 Å². The third-order valence-corrected chi connectivity index (χ3v) is 4.45. The molecule has 2 unspecified atom stereocenters. The lowest BCUT2D eigenvalue weighted by Gasteiger charge is -2.41. The highest BCUT2D eigenvalue weighted by Crippen LogP contribution is 2.25. The number of benzene rings is 1. The van der Waals surface area contributed by atoms with Gasteiger partial charge in [0.1, 0.15) is 0 Å². The van der Waals surface area contributed by atoms with Crippen molar-refractivity contribution >= 4 is 10.9 Å². The van der Waals surface area contributed by atoms with Crippen LogP contribution in [-0.4, -0.2) is 54.6 Å². The second kappa shape index (κ2) is 6.07. The van der Waals surface area contributed by atoms with Crippen molar-refractivity contribution in [3.63, 3.8) is 0 Å². The van der Waals surface area contributed by atoms with Crippen molar-refractivity contribution in [2.75, 3.05) is 33.7 Å². The van der Waals surface area contributed by atoms with Crippen LogP contribution >= 0.6 is 0 Å². The molecule has 1 aromatic carbocycles. The molecule has 5 heteroatoms. The second-order valence-corrected chi connectivity index (χ2v) is 5.91. The monoisotopic (exact) mass is 285 g/mol. The third-order valence-electron chi connectivity index (χ3n) is 4.45. The first-order valence-corrected chi connectivity index (χ1v) is 7.38. The van der Waals surface area contributed by atoms with E-state index in [9.17, 15) is 0 Å². The van der Waals surface area contributed by atoms with Crippen molar-refractivity contribution < 1.29 is 0 Å². The van der Waals surface area contributed by atoms with Gasteiger partial charge in [-0.3, -0.25) is 21.2 Å². The predicted octanol–water partition coefficient (Wildman–Crippen LogP) is 0.985. The molecular weight excluding hydrogens is 262 g/mol. The molecule has 0 bridgehead atoms. The molecule has 2 atom stereocenters. The van der Waals surface area contributed by atoms with Crippen molar-refractivity contribution in [3.05, 3.63) is 42.1 Å². The van der Waals surface area contributed by atoms with Crippen LogP contribution in [0.1, 0.15) is 11.6 Å². The van der Waals surface area contributed by atoms with Gasteiger partial charge in [-0.15, -0.1) is 0 Å². The number of likely N-dealkylation sites (N-methyl/N-ethyl adjacent to an activating group) is 2. The molecule has 0 radical (unpaired) electrons. The van der Waals surface area contributed by atoms with Crippen molar-refractivity contribution in [1.82, 2.24) is 20.2 Å². The van der Waals surface area contributed by atoms with Crippen molar-refractivity contribution in [3.8, 4) is 0 Å². The van der Waals surface area contributed by atoms with E-state index in [4.69, 9.17) is 5.84 Å². The first kappa shape index (κ1) is 14.4. The Kier molecular flexibility index (Phi) is 4.17. The summed E-state index contributed by atoms with van der Waals surface area (Å²) in [4.78, 5) is 9.18. The molecule has 1 aliphatic heterocycles. The molecule has 2 aromatic rings. The van der Waals surface area contributed by atoms with Gasteiger partial charge >= 0.3 is 0 Å². The van der Waals surface area contributed by atoms with Gasteiger partial charge in [0.25, 0.3) is 0 Å². The molecule has 1 fully saturated rings. The summed E-state index contributed by atoms with van der Waals surface area (Å²) in [6.45, 7) is 3.17. The molecule has 112 valence electrons. The maximum atomic E-state index is 5.87. The maximum absolute atomic E-state index is 5.87. The Morgan fingerprint density at radius 2 is 2.14 bits per heavy atom. The molecular formula is C16H23N5. The molecule has 5 nitrogen and oxygen atoms in total. The highest BCUT2D eigenvalue weighted by molar-refractivity contribution is 5.79. The highest BCUT2D eigenvalue weighted by Gasteiger charge is 2.30. The number of hydrazine groups is 1. The van der Waals surface area contributed by atoms with Gasteiger partial charge in [-0.25, -0.2) is 0 Å². The lowest BCUT2D eigenvalue weighted by Crippen LogP contribution is -2.56. The largest absolute Gasteiger partial charge is 0.303 e. The molecule has 1 aliphatic rings. The number of nitrogens with one attached hydrogen (secondary N) is 1. The summed E-state index contributed by atoms with van der Waals surface area (Å²) in [5.74, 6) is 5.87. The van der Waals surface area contributed by atoms with E-state index in [1.165, 1.54) is 5.56 Å². The fraction of sp³-hybridized carbons (Fsp3) is 0.438. The van der Waals surface area contributed by atoms with E-state index in [0.29, 0.717) is 6.04 Å². The third kappa shape index (κ3) is 2.91. The highest BCUT2D eigenvalue weighted by atomic mass is 15.3. The number of fused-ring (bicyclic) bond motifs is 1. The van der Waals surface area contributed by atoms with Crippen molar-refractivity contribution in [2.45, 2.75) is 12.1 Å². The molecule has 2 heterocycles. The fourth-order valence-electron chi connectivity index (χ4n) is 3.11. The summed E-state index contributed by atoms with van der Waals surface area (Å²) in [6.07, 6.45) is 1.83. The Bertz CT molecular complexity index is 614.